The van der Waals surface area contributed by atoms with Gasteiger partial charge in [-0.05, 0) is 20.3 Å². The monoisotopic (exact) mass is 190 g/mol. The SMILES string of the molecule is CCC(C)(C)N=C(N)c1ccccc1. The predicted octanol–water partition coefficient (Wildman–Crippen LogP) is 2.58. The van der Waals surface area contributed by atoms with Crippen molar-refractivity contribution in [2.45, 2.75) is 32.7 Å². The third-order valence-corrected chi connectivity index (χ3v) is 2.36. The van der Waals surface area contributed by atoms with Gasteiger partial charge in [0.1, 0.15) is 5.84 Å². The van der Waals surface area contributed by atoms with Gasteiger partial charge >= 0.3 is 0 Å². The molecule has 0 aliphatic rings. The molecule has 0 spiro atoms. The van der Waals surface area contributed by atoms with Crippen LogP contribution >= 0.6 is 0 Å². The number of benzene rings is 1. The number of hydrogen-bond donors (Lipinski definition) is 1. The van der Waals surface area contributed by atoms with Crippen LogP contribution in [0.1, 0.15) is 32.8 Å². The third-order valence-electron chi connectivity index (χ3n) is 2.36. The fourth-order valence-electron chi connectivity index (χ4n) is 1.08. The molecule has 1 rings (SSSR count). The maximum absolute atomic E-state index is 5.91. The zero-order valence-corrected chi connectivity index (χ0v) is 9.12. The van der Waals surface area contributed by atoms with Crippen LogP contribution in [0.5, 0.6) is 0 Å². The first-order valence-corrected chi connectivity index (χ1v) is 4.96. The van der Waals surface area contributed by atoms with Crippen LogP contribution < -0.4 is 5.73 Å². The maximum Gasteiger partial charge on any atom is 0.126 e. The average Bonchev–Trinajstić information content (AvgIpc) is 2.19. The highest BCUT2D eigenvalue weighted by molar-refractivity contribution is 5.97. The van der Waals surface area contributed by atoms with E-state index in [1.54, 1.807) is 0 Å². The molecule has 14 heavy (non-hydrogen) atoms. The molecule has 0 amide bonds. The van der Waals surface area contributed by atoms with Crippen molar-refractivity contribution in [3.63, 3.8) is 0 Å². The average molecular weight is 190 g/mol. The minimum absolute atomic E-state index is 0.0695. The molecule has 0 bridgehead atoms. The molecule has 1 aromatic carbocycles. The molecular weight excluding hydrogens is 172 g/mol. The summed E-state index contributed by atoms with van der Waals surface area (Å²) in [6.07, 6.45) is 0.987. The molecular formula is C12H18N2. The predicted molar refractivity (Wildman–Crippen MR) is 61.5 cm³/mol. The summed E-state index contributed by atoms with van der Waals surface area (Å²) in [5.41, 5.74) is 6.83. The molecule has 0 fully saturated rings. The molecule has 0 saturated carbocycles. The largest absolute Gasteiger partial charge is 0.383 e. The summed E-state index contributed by atoms with van der Waals surface area (Å²) in [5.74, 6) is 0.623. The summed E-state index contributed by atoms with van der Waals surface area (Å²) in [6.45, 7) is 6.29. The van der Waals surface area contributed by atoms with Crippen molar-refractivity contribution in [1.29, 1.82) is 0 Å². The van der Waals surface area contributed by atoms with Gasteiger partial charge in [0.2, 0.25) is 0 Å². The highest BCUT2D eigenvalue weighted by atomic mass is 14.9. The van der Waals surface area contributed by atoms with E-state index in [0.717, 1.165) is 12.0 Å². The Morgan fingerprint density at radius 1 is 1.29 bits per heavy atom. The lowest BCUT2D eigenvalue weighted by Gasteiger charge is -2.18. The molecule has 0 aliphatic carbocycles. The lowest BCUT2D eigenvalue weighted by atomic mass is 10.0. The third kappa shape index (κ3) is 2.87. The van der Waals surface area contributed by atoms with Gasteiger partial charge in [-0.25, -0.2) is 0 Å². The van der Waals surface area contributed by atoms with Gasteiger partial charge in [0.15, 0.2) is 0 Å². The van der Waals surface area contributed by atoms with Gasteiger partial charge in [-0.2, -0.15) is 0 Å². The Morgan fingerprint density at radius 2 is 1.86 bits per heavy atom. The van der Waals surface area contributed by atoms with Crippen LogP contribution in [-0.2, 0) is 0 Å². The number of nitrogens with zero attached hydrogens (tertiary/aromatic N) is 1. The topological polar surface area (TPSA) is 38.4 Å². The van der Waals surface area contributed by atoms with Crippen molar-refractivity contribution in [3.05, 3.63) is 35.9 Å². The van der Waals surface area contributed by atoms with Gasteiger partial charge in [0.05, 0.1) is 5.54 Å². The molecule has 0 saturated heterocycles. The number of hydrogen-bond acceptors (Lipinski definition) is 1. The Balaban J connectivity index is 2.91. The molecule has 2 heteroatoms. The summed E-state index contributed by atoms with van der Waals surface area (Å²) >= 11 is 0. The van der Waals surface area contributed by atoms with Gasteiger partial charge in [-0.3, -0.25) is 4.99 Å². The van der Waals surface area contributed by atoms with Crippen LogP contribution in [0.2, 0.25) is 0 Å². The summed E-state index contributed by atoms with van der Waals surface area (Å²) in [4.78, 5) is 4.49. The van der Waals surface area contributed by atoms with E-state index in [-0.39, 0.29) is 5.54 Å². The number of aliphatic imine (C=N–C) groups is 1. The molecule has 2 nitrogen and oxygen atoms in total. The van der Waals surface area contributed by atoms with Gasteiger partial charge in [-0.1, -0.05) is 37.3 Å². The first kappa shape index (κ1) is 10.8. The van der Waals surface area contributed by atoms with Crippen molar-refractivity contribution >= 4 is 5.84 Å². The smallest absolute Gasteiger partial charge is 0.126 e. The van der Waals surface area contributed by atoms with Crippen LogP contribution in [-0.4, -0.2) is 11.4 Å². The summed E-state index contributed by atoms with van der Waals surface area (Å²) < 4.78 is 0. The molecule has 0 radical (unpaired) electrons. The molecule has 1 aromatic rings. The first-order chi connectivity index (χ1) is 6.55. The minimum atomic E-state index is -0.0695. The van der Waals surface area contributed by atoms with E-state index in [1.807, 2.05) is 30.3 Å². The molecule has 0 aliphatic heterocycles. The lowest BCUT2D eigenvalue weighted by molar-refractivity contribution is 0.505. The Hall–Kier alpha value is -1.31. The van der Waals surface area contributed by atoms with Crippen LogP contribution in [0, 0.1) is 0 Å². The zero-order valence-electron chi connectivity index (χ0n) is 9.12. The van der Waals surface area contributed by atoms with Crippen LogP contribution in [0.3, 0.4) is 0 Å². The fraction of sp³-hybridized carbons (Fsp3) is 0.417. The minimum Gasteiger partial charge on any atom is -0.383 e. The summed E-state index contributed by atoms with van der Waals surface area (Å²) in [7, 11) is 0. The van der Waals surface area contributed by atoms with Gasteiger partial charge in [0.25, 0.3) is 0 Å². The quantitative estimate of drug-likeness (QED) is 0.577. The standard InChI is InChI=1S/C12H18N2/c1-4-12(2,3)14-11(13)10-8-6-5-7-9-10/h5-9H,4H2,1-3H3,(H2,13,14). The summed E-state index contributed by atoms with van der Waals surface area (Å²) in [6, 6.07) is 9.87. The van der Waals surface area contributed by atoms with E-state index < -0.39 is 0 Å². The van der Waals surface area contributed by atoms with Crippen molar-refractivity contribution in [3.8, 4) is 0 Å². The van der Waals surface area contributed by atoms with Crippen LogP contribution in [0.25, 0.3) is 0 Å². The molecule has 0 atom stereocenters. The highest BCUT2D eigenvalue weighted by Crippen LogP contribution is 2.14. The zero-order chi connectivity index (χ0) is 10.6. The van der Waals surface area contributed by atoms with E-state index in [2.05, 4.69) is 25.8 Å². The Kier molecular flexibility index (Phi) is 3.28. The van der Waals surface area contributed by atoms with Gasteiger partial charge in [-0.15, -0.1) is 0 Å². The molecule has 2 N–H and O–H groups in total. The number of amidine groups is 1. The lowest BCUT2D eigenvalue weighted by Crippen LogP contribution is -2.23. The van der Waals surface area contributed by atoms with Gasteiger partial charge < -0.3 is 5.73 Å². The fourth-order valence-corrected chi connectivity index (χ4v) is 1.08. The molecule has 0 aromatic heterocycles. The van der Waals surface area contributed by atoms with E-state index >= 15 is 0 Å². The maximum atomic E-state index is 5.91. The Bertz CT molecular complexity index is 312. The van der Waals surface area contributed by atoms with E-state index in [4.69, 9.17) is 5.73 Å². The van der Waals surface area contributed by atoms with E-state index in [0.29, 0.717) is 5.84 Å². The highest BCUT2D eigenvalue weighted by Gasteiger charge is 2.13. The number of rotatable bonds is 3. The molecule has 76 valence electrons. The Labute approximate surface area is 85.9 Å². The van der Waals surface area contributed by atoms with Crippen molar-refractivity contribution in [2.24, 2.45) is 10.7 Å². The Morgan fingerprint density at radius 3 is 2.36 bits per heavy atom. The van der Waals surface area contributed by atoms with E-state index in [9.17, 15) is 0 Å². The second kappa shape index (κ2) is 4.27. The number of nitrogens with two attached hydrogens (primary N) is 1. The molecule has 0 heterocycles. The second-order valence-corrected chi connectivity index (χ2v) is 4.03. The summed E-state index contributed by atoms with van der Waals surface area (Å²) in [5, 5.41) is 0. The van der Waals surface area contributed by atoms with E-state index in [1.165, 1.54) is 0 Å². The van der Waals surface area contributed by atoms with Crippen molar-refractivity contribution in [2.75, 3.05) is 0 Å². The first-order valence-electron chi connectivity index (χ1n) is 4.96. The molecule has 0 unspecified atom stereocenters. The second-order valence-electron chi connectivity index (χ2n) is 4.03. The normalized spacial score (nSPS) is 12.9. The van der Waals surface area contributed by atoms with Crippen LogP contribution in [0.4, 0.5) is 0 Å². The van der Waals surface area contributed by atoms with Crippen LogP contribution in [0.15, 0.2) is 35.3 Å². The van der Waals surface area contributed by atoms with Gasteiger partial charge in [0, 0.05) is 5.56 Å². The van der Waals surface area contributed by atoms with Crippen molar-refractivity contribution in [1.82, 2.24) is 0 Å². The van der Waals surface area contributed by atoms with Crippen molar-refractivity contribution < 1.29 is 0 Å².